The first-order valence-electron chi connectivity index (χ1n) is 17.6. The number of anilines is 2. The lowest BCUT2D eigenvalue weighted by Gasteiger charge is -2.31. The molecule has 1 amide bonds. The van der Waals surface area contributed by atoms with Crippen LogP contribution in [0.3, 0.4) is 0 Å². The molecule has 256 valence electrons. The van der Waals surface area contributed by atoms with Gasteiger partial charge in [-0.2, -0.15) is 0 Å². The lowest BCUT2D eigenvalue weighted by molar-refractivity contribution is 0.0576. The minimum atomic E-state index is -0.561. The van der Waals surface area contributed by atoms with Crippen LogP contribution in [-0.2, 0) is 17.6 Å². The average molecular weight is 675 g/mol. The number of ether oxygens (including phenoxy) is 1. The number of benzene rings is 4. The van der Waals surface area contributed by atoms with Crippen LogP contribution in [0.2, 0.25) is 0 Å². The summed E-state index contributed by atoms with van der Waals surface area (Å²) < 4.78 is 5.61. The predicted octanol–water partition coefficient (Wildman–Crippen LogP) is 9.67. The Morgan fingerprint density at radius 3 is 1.51 bits per heavy atom. The Morgan fingerprint density at radius 1 is 0.588 bits per heavy atom. The first kappa shape index (κ1) is 33.6. The van der Waals surface area contributed by atoms with Crippen molar-refractivity contribution in [2.45, 2.75) is 52.1 Å². The first-order chi connectivity index (χ1) is 24.8. The van der Waals surface area contributed by atoms with Crippen LogP contribution in [0.15, 0.2) is 121 Å². The van der Waals surface area contributed by atoms with E-state index in [1.807, 2.05) is 118 Å². The molecule has 4 aromatic carbocycles. The van der Waals surface area contributed by atoms with E-state index in [1.54, 1.807) is 4.90 Å². The highest BCUT2D eigenvalue weighted by Crippen LogP contribution is 2.36. The molecule has 0 unspecified atom stereocenters. The molecule has 6 aromatic rings. The van der Waals surface area contributed by atoms with Crippen molar-refractivity contribution < 1.29 is 9.53 Å². The fraction of sp³-hybridized carbons (Fsp3) is 0.233. The number of carbonyl (C=O) groups excluding carboxylic acids is 1. The number of hydrogen-bond donors (Lipinski definition) is 1. The van der Waals surface area contributed by atoms with Gasteiger partial charge in [-0.15, -0.1) is 0 Å². The first-order valence-corrected chi connectivity index (χ1v) is 17.6. The van der Waals surface area contributed by atoms with Crippen molar-refractivity contribution in [3.8, 4) is 45.0 Å². The Kier molecular flexibility index (Phi) is 9.83. The maximum absolute atomic E-state index is 12.8. The van der Waals surface area contributed by atoms with Crippen molar-refractivity contribution in [2.75, 3.05) is 23.3 Å². The predicted molar refractivity (Wildman–Crippen MR) is 205 cm³/mol. The molecule has 0 bridgehead atoms. The lowest BCUT2D eigenvalue weighted by atomic mass is 10.0. The van der Waals surface area contributed by atoms with Crippen molar-refractivity contribution in [1.82, 2.24) is 19.9 Å². The topological polar surface area (TPSA) is 93.1 Å². The summed E-state index contributed by atoms with van der Waals surface area (Å²) in [7, 11) is 0. The van der Waals surface area contributed by atoms with E-state index in [9.17, 15) is 4.79 Å². The highest BCUT2D eigenvalue weighted by atomic mass is 16.6. The molecular formula is C43H42N6O2. The van der Waals surface area contributed by atoms with Crippen molar-refractivity contribution in [3.05, 3.63) is 133 Å². The number of aromatic nitrogens is 4. The SMILES string of the molecule is CC(C)(C)OC(=O)N1CCCc2nc(-c3ccccc3)c(-c3ccccc3)nc21.c1ccc(-c2nc3c(nc2-c2ccccc2)NCCC3)cc1. The number of fused-ring (bicyclic) bond motifs is 2. The van der Waals surface area contributed by atoms with Gasteiger partial charge in [-0.05, 0) is 46.5 Å². The van der Waals surface area contributed by atoms with E-state index in [0.29, 0.717) is 12.4 Å². The Hall–Kier alpha value is -5.89. The number of carbonyl (C=O) groups is 1. The summed E-state index contributed by atoms with van der Waals surface area (Å²) in [4.78, 5) is 34.2. The Balaban J connectivity index is 0.000000165. The number of hydrogen-bond acceptors (Lipinski definition) is 7. The molecule has 0 radical (unpaired) electrons. The number of amides is 1. The number of nitrogens with zero attached hydrogens (tertiary/aromatic N) is 5. The molecule has 8 rings (SSSR count). The molecule has 0 atom stereocenters. The molecule has 0 fully saturated rings. The summed E-state index contributed by atoms with van der Waals surface area (Å²) in [6, 6.07) is 40.6. The maximum Gasteiger partial charge on any atom is 0.416 e. The zero-order valence-corrected chi connectivity index (χ0v) is 29.3. The summed E-state index contributed by atoms with van der Waals surface area (Å²) in [5.74, 6) is 1.54. The molecule has 8 heteroatoms. The van der Waals surface area contributed by atoms with Crippen molar-refractivity contribution in [1.29, 1.82) is 0 Å². The van der Waals surface area contributed by atoms with Gasteiger partial charge in [0.25, 0.3) is 0 Å². The second-order valence-electron chi connectivity index (χ2n) is 13.6. The van der Waals surface area contributed by atoms with Crippen LogP contribution in [0.25, 0.3) is 45.0 Å². The van der Waals surface area contributed by atoms with Gasteiger partial charge < -0.3 is 10.1 Å². The van der Waals surface area contributed by atoms with E-state index in [1.165, 1.54) is 0 Å². The van der Waals surface area contributed by atoms with E-state index in [2.05, 4.69) is 29.6 Å². The van der Waals surface area contributed by atoms with Crippen LogP contribution in [0, 0.1) is 0 Å². The number of aryl methyl sites for hydroxylation is 2. The van der Waals surface area contributed by atoms with E-state index in [0.717, 1.165) is 94.5 Å². The molecule has 4 heterocycles. The van der Waals surface area contributed by atoms with Crippen LogP contribution in [0.4, 0.5) is 16.4 Å². The molecule has 0 spiro atoms. The second kappa shape index (κ2) is 14.9. The summed E-state index contributed by atoms with van der Waals surface area (Å²) in [5.41, 5.74) is 9.06. The van der Waals surface area contributed by atoms with Crippen molar-refractivity contribution in [3.63, 3.8) is 0 Å². The molecule has 8 nitrogen and oxygen atoms in total. The molecule has 0 saturated carbocycles. The Labute approximate surface area is 299 Å². The van der Waals surface area contributed by atoms with Crippen LogP contribution in [0.1, 0.15) is 45.0 Å². The highest BCUT2D eigenvalue weighted by molar-refractivity contribution is 5.89. The minimum absolute atomic E-state index is 0.376. The monoisotopic (exact) mass is 674 g/mol. The van der Waals surface area contributed by atoms with Crippen molar-refractivity contribution >= 4 is 17.7 Å². The van der Waals surface area contributed by atoms with Gasteiger partial charge >= 0.3 is 6.09 Å². The van der Waals surface area contributed by atoms with Crippen LogP contribution >= 0.6 is 0 Å². The largest absolute Gasteiger partial charge is 0.443 e. The zero-order valence-electron chi connectivity index (χ0n) is 29.3. The summed E-state index contributed by atoms with van der Waals surface area (Å²) in [6.07, 6.45) is 3.35. The number of rotatable bonds is 4. The van der Waals surface area contributed by atoms with Gasteiger partial charge in [0.2, 0.25) is 0 Å². The third-order valence-corrected chi connectivity index (χ3v) is 8.65. The van der Waals surface area contributed by atoms with Gasteiger partial charge in [-0.25, -0.2) is 24.7 Å². The third kappa shape index (κ3) is 7.80. The molecule has 2 aromatic heterocycles. The zero-order chi connectivity index (χ0) is 35.2. The molecule has 0 saturated heterocycles. The molecule has 2 aliphatic heterocycles. The summed E-state index contributed by atoms with van der Waals surface area (Å²) in [5, 5.41) is 3.38. The van der Waals surface area contributed by atoms with Gasteiger partial charge in [0.05, 0.1) is 34.2 Å². The van der Waals surface area contributed by atoms with Gasteiger partial charge in [-0.1, -0.05) is 121 Å². The lowest BCUT2D eigenvalue weighted by Crippen LogP contribution is -2.40. The second-order valence-corrected chi connectivity index (χ2v) is 13.6. The standard InChI is InChI=1S/C24H25N3O2.C19H17N3/c1-24(2,3)29-23(28)27-16-10-15-19-22(27)26-21(18-13-8-5-9-14-18)20(25-19)17-11-6-4-7-12-17;1-3-8-14(9-4-1)17-18(15-10-5-2-6-11-15)22-19-16(21-17)12-7-13-20-19/h4-9,11-14H,10,15-16H2,1-3H3;1-6,8-11H,7,12-13H2,(H,20,22). The van der Waals surface area contributed by atoms with Crippen LogP contribution in [0.5, 0.6) is 0 Å². The minimum Gasteiger partial charge on any atom is -0.443 e. The average Bonchev–Trinajstić information content (AvgIpc) is 3.17. The Morgan fingerprint density at radius 2 is 1.02 bits per heavy atom. The fourth-order valence-corrected chi connectivity index (χ4v) is 6.29. The van der Waals surface area contributed by atoms with E-state index in [-0.39, 0.29) is 6.09 Å². The third-order valence-electron chi connectivity index (χ3n) is 8.65. The van der Waals surface area contributed by atoms with E-state index < -0.39 is 5.60 Å². The maximum atomic E-state index is 12.8. The molecular weight excluding hydrogens is 633 g/mol. The fourth-order valence-electron chi connectivity index (χ4n) is 6.29. The molecule has 51 heavy (non-hydrogen) atoms. The smallest absolute Gasteiger partial charge is 0.416 e. The van der Waals surface area contributed by atoms with Gasteiger partial charge in [0.1, 0.15) is 11.4 Å². The molecule has 1 N–H and O–H groups in total. The van der Waals surface area contributed by atoms with Crippen LogP contribution in [-0.4, -0.2) is 44.7 Å². The van der Waals surface area contributed by atoms with E-state index in [4.69, 9.17) is 24.7 Å². The quantitative estimate of drug-likeness (QED) is 0.199. The van der Waals surface area contributed by atoms with Gasteiger partial charge in [0.15, 0.2) is 5.82 Å². The van der Waals surface area contributed by atoms with Gasteiger partial charge in [-0.3, -0.25) is 4.90 Å². The summed E-state index contributed by atoms with van der Waals surface area (Å²) >= 11 is 0. The molecule has 2 aliphatic rings. The summed E-state index contributed by atoms with van der Waals surface area (Å²) in [6.45, 7) is 7.16. The van der Waals surface area contributed by atoms with E-state index >= 15 is 0 Å². The normalized spacial score (nSPS) is 13.5. The molecule has 0 aliphatic carbocycles. The Bertz CT molecular complexity index is 2030. The highest BCUT2D eigenvalue weighted by Gasteiger charge is 2.31. The number of nitrogens with one attached hydrogen (secondary N) is 1. The van der Waals surface area contributed by atoms with Crippen LogP contribution < -0.4 is 10.2 Å². The van der Waals surface area contributed by atoms with Gasteiger partial charge in [0, 0.05) is 35.3 Å². The van der Waals surface area contributed by atoms with Crippen molar-refractivity contribution in [2.24, 2.45) is 0 Å².